The highest BCUT2D eigenvalue weighted by Crippen LogP contribution is 2.23. The summed E-state index contributed by atoms with van der Waals surface area (Å²) >= 11 is 6.08. The maximum absolute atomic E-state index is 12.3. The van der Waals surface area contributed by atoms with Gasteiger partial charge in [-0.1, -0.05) is 17.7 Å². The fourth-order valence-corrected chi connectivity index (χ4v) is 2.52. The number of hydrogen-bond acceptors (Lipinski definition) is 3. The van der Waals surface area contributed by atoms with Gasteiger partial charge in [0.2, 0.25) is 0 Å². The highest BCUT2D eigenvalue weighted by Gasteiger charge is 2.12. The van der Waals surface area contributed by atoms with Gasteiger partial charge in [-0.05, 0) is 61.9 Å². The second-order valence-corrected chi connectivity index (χ2v) is 5.95. The first-order valence-electron chi connectivity index (χ1n) is 7.93. The molecule has 0 unspecified atom stereocenters. The van der Waals surface area contributed by atoms with Crippen molar-refractivity contribution < 1.29 is 9.53 Å². The molecule has 3 rings (SSSR count). The topological polar surface area (TPSA) is 67.0 Å². The fourth-order valence-electron chi connectivity index (χ4n) is 2.34. The number of nitrogens with zero attached hydrogens (tertiary/aromatic N) is 1. The number of aromatic nitrogens is 2. The van der Waals surface area contributed by atoms with E-state index in [1.807, 2.05) is 50.2 Å². The van der Waals surface area contributed by atoms with Gasteiger partial charge in [-0.3, -0.25) is 9.89 Å². The predicted octanol–water partition coefficient (Wildman–Crippen LogP) is 4.69. The minimum absolute atomic E-state index is 0.274. The monoisotopic (exact) mass is 355 g/mol. The largest absolute Gasteiger partial charge is 0.494 e. The number of halogens is 1. The van der Waals surface area contributed by atoms with Crippen molar-refractivity contribution in [3.05, 3.63) is 64.8 Å². The third kappa shape index (κ3) is 4.00. The van der Waals surface area contributed by atoms with E-state index in [9.17, 15) is 4.79 Å². The number of carbonyl (C=O) groups excluding carboxylic acids is 1. The molecule has 128 valence electrons. The number of rotatable bonds is 5. The summed E-state index contributed by atoms with van der Waals surface area (Å²) < 4.78 is 5.42. The van der Waals surface area contributed by atoms with Crippen LogP contribution in [-0.2, 0) is 0 Å². The van der Waals surface area contributed by atoms with Gasteiger partial charge in [0.1, 0.15) is 11.4 Å². The van der Waals surface area contributed by atoms with Gasteiger partial charge < -0.3 is 10.1 Å². The molecule has 0 bridgehead atoms. The number of hydrogen-bond donors (Lipinski definition) is 2. The molecule has 0 aliphatic carbocycles. The van der Waals surface area contributed by atoms with Gasteiger partial charge in [0, 0.05) is 16.3 Å². The van der Waals surface area contributed by atoms with E-state index < -0.39 is 0 Å². The number of anilines is 1. The summed E-state index contributed by atoms with van der Waals surface area (Å²) in [6.07, 6.45) is 0. The molecule has 1 heterocycles. The third-order valence-electron chi connectivity index (χ3n) is 3.71. The van der Waals surface area contributed by atoms with Crippen LogP contribution < -0.4 is 10.1 Å². The van der Waals surface area contributed by atoms with Gasteiger partial charge in [0.05, 0.1) is 12.3 Å². The van der Waals surface area contributed by atoms with Crippen molar-refractivity contribution in [3.63, 3.8) is 0 Å². The highest BCUT2D eigenvalue weighted by molar-refractivity contribution is 6.31. The molecule has 6 heteroatoms. The molecule has 0 saturated carbocycles. The van der Waals surface area contributed by atoms with E-state index in [2.05, 4.69) is 15.5 Å². The molecule has 1 amide bonds. The van der Waals surface area contributed by atoms with E-state index in [4.69, 9.17) is 16.3 Å². The smallest absolute Gasteiger partial charge is 0.273 e. The third-order valence-corrected chi connectivity index (χ3v) is 4.12. The molecule has 0 saturated heterocycles. The van der Waals surface area contributed by atoms with Gasteiger partial charge in [-0.25, -0.2) is 0 Å². The Kier molecular flexibility index (Phi) is 5.05. The van der Waals surface area contributed by atoms with Crippen molar-refractivity contribution in [2.45, 2.75) is 13.8 Å². The molecule has 0 atom stereocenters. The van der Waals surface area contributed by atoms with Crippen molar-refractivity contribution in [3.8, 4) is 17.0 Å². The number of nitrogens with one attached hydrogen (secondary N) is 2. The highest BCUT2D eigenvalue weighted by atomic mass is 35.5. The second-order valence-electron chi connectivity index (χ2n) is 5.54. The van der Waals surface area contributed by atoms with E-state index in [1.54, 1.807) is 12.1 Å². The maximum Gasteiger partial charge on any atom is 0.273 e. The summed E-state index contributed by atoms with van der Waals surface area (Å²) in [5, 5.41) is 10.4. The Bertz CT molecular complexity index is 888. The van der Waals surface area contributed by atoms with Crippen molar-refractivity contribution in [2.75, 3.05) is 11.9 Å². The summed E-state index contributed by atoms with van der Waals surface area (Å²) in [6.45, 7) is 4.47. The van der Waals surface area contributed by atoms with Gasteiger partial charge in [0.25, 0.3) is 5.91 Å². The van der Waals surface area contributed by atoms with Crippen LogP contribution in [0.2, 0.25) is 5.02 Å². The van der Waals surface area contributed by atoms with Crippen molar-refractivity contribution in [2.24, 2.45) is 0 Å². The van der Waals surface area contributed by atoms with Crippen LogP contribution in [0.3, 0.4) is 0 Å². The van der Waals surface area contributed by atoms with E-state index in [1.165, 1.54) is 0 Å². The zero-order valence-electron chi connectivity index (χ0n) is 14.0. The quantitative estimate of drug-likeness (QED) is 0.697. The number of aryl methyl sites for hydroxylation is 1. The summed E-state index contributed by atoms with van der Waals surface area (Å²) in [4.78, 5) is 12.3. The number of aromatic amines is 1. The summed E-state index contributed by atoms with van der Waals surface area (Å²) in [5.74, 6) is 0.528. The minimum Gasteiger partial charge on any atom is -0.494 e. The van der Waals surface area contributed by atoms with Gasteiger partial charge in [0.15, 0.2) is 0 Å². The lowest BCUT2D eigenvalue weighted by molar-refractivity contribution is 0.102. The lowest BCUT2D eigenvalue weighted by atomic mass is 10.1. The average Bonchev–Trinajstić information content (AvgIpc) is 3.09. The molecule has 1 aromatic heterocycles. The Labute approximate surface area is 151 Å². The molecule has 0 aliphatic rings. The van der Waals surface area contributed by atoms with Crippen LogP contribution in [0.15, 0.2) is 48.5 Å². The molecule has 0 fully saturated rings. The fraction of sp³-hybridized carbons (Fsp3) is 0.158. The zero-order valence-corrected chi connectivity index (χ0v) is 14.7. The van der Waals surface area contributed by atoms with Crippen molar-refractivity contribution >= 4 is 23.2 Å². The molecule has 0 spiro atoms. The molecule has 0 aliphatic heterocycles. The number of amides is 1. The Morgan fingerprint density at radius 1 is 1.20 bits per heavy atom. The van der Waals surface area contributed by atoms with Gasteiger partial charge >= 0.3 is 0 Å². The Morgan fingerprint density at radius 3 is 2.64 bits per heavy atom. The number of H-pyrrole nitrogens is 1. The summed E-state index contributed by atoms with van der Waals surface area (Å²) in [7, 11) is 0. The summed E-state index contributed by atoms with van der Waals surface area (Å²) in [5.41, 5.74) is 3.56. The molecule has 5 nitrogen and oxygen atoms in total. The number of ether oxygens (including phenoxy) is 1. The van der Waals surface area contributed by atoms with Crippen LogP contribution in [0, 0.1) is 6.92 Å². The van der Waals surface area contributed by atoms with Crippen LogP contribution in [0.4, 0.5) is 5.69 Å². The molecule has 2 N–H and O–H groups in total. The average molecular weight is 356 g/mol. The minimum atomic E-state index is -0.274. The van der Waals surface area contributed by atoms with E-state index in [0.29, 0.717) is 28.7 Å². The molecular formula is C19H18ClN3O2. The lowest BCUT2D eigenvalue weighted by Crippen LogP contribution is -2.12. The van der Waals surface area contributed by atoms with Crippen LogP contribution in [0.1, 0.15) is 23.0 Å². The van der Waals surface area contributed by atoms with Crippen LogP contribution in [0.25, 0.3) is 11.3 Å². The van der Waals surface area contributed by atoms with Crippen LogP contribution >= 0.6 is 11.6 Å². The van der Waals surface area contributed by atoms with Gasteiger partial charge in [-0.15, -0.1) is 0 Å². The van der Waals surface area contributed by atoms with E-state index >= 15 is 0 Å². The standard InChI is InChI=1S/C19H18ClN3O2/c1-3-25-15-8-5-13(6-9-15)17-11-18(23-22-17)19(24)21-14-7-4-12(2)16(20)10-14/h4-11H,3H2,1-2H3,(H,21,24)(H,22,23). The van der Waals surface area contributed by atoms with Crippen LogP contribution in [0.5, 0.6) is 5.75 Å². The lowest BCUT2D eigenvalue weighted by Gasteiger charge is -2.05. The first-order chi connectivity index (χ1) is 12.1. The Hall–Kier alpha value is -2.79. The Morgan fingerprint density at radius 2 is 1.96 bits per heavy atom. The molecule has 2 aromatic carbocycles. The molecule has 0 radical (unpaired) electrons. The summed E-state index contributed by atoms with van der Waals surface area (Å²) in [6, 6.07) is 14.7. The molecule has 3 aromatic rings. The first-order valence-corrected chi connectivity index (χ1v) is 8.30. The van der Waals surface area contributed by atoms with Crippen molar-refractivity contribution in [1.29, 1.82) is 0 Å². The zero-order chi connectivity index (χ0) is 17.8. The van der Waals surface area contributed by atoms with E-state index in [0.717, 1.165) is 16.9 Å². The maximum atomic E-state index is 12.3. The predicted molar refractivity (Wildman–Crippen MR) is 99.3 cm³/mol. The van der Waals surface area contributed by atoms with Crippen LogP contribution in [-0.4, -0.2) is 22.7 Å². The Balaban J connectivity index is 1.73. The normalized spacial score (nSPS) is 10.5. The van der Waals surface area contributed by atoms with E-state index in [-0.39, 0.29) is 5.91 Å². The second kappa shape index (κ2) is 7.40. The first kappa shape index (κ1) is 17.0. The number of benzene rings is 2. The number of carbonyl (C=O) groups is 1. The van der Waals surface area contributed by atoms with Gasteiger partial charge in [-0.2, -0.15) is 5.10 Å². The molecule has 25 heavy (non-hydrogen) atoms. The SMILES string of the molecule is CCOc1ccc(-c2cc(C(=O)Nc3ccc(C)c(Cl)c3)[nH]n2)cc1. The van der Waals surface area contributed by atoms with Crippen molar-refractivity contribution in [1.82, 2.24) is 10.2 Å². The molecular weight excluding hydrogens is 338 g/mol.